The monoisotopic (exact) mass is 479 g/mol. The number of thioether (sulfide) groups is 1. The van der Waals surface area contributed by atoms with Gasteiger partial charge < -0.3 is 24.6 Å². The molecule has 8 nitrogen and oxygen atoms in total. The maximum absolute atomic E-state index is 12.2. The Hall–Kier alpha value is -3.46. The average molecular weight is 480 g/mol. The van der Waals surface area contributed by atoms with Gasteiger partial charge in [0.15, 0.2) is 5.82 Å². The van der Waals surface area contributed by atoms with Gasteiger partial charge >= 0.3 is 0 Å². The first-order valence-electron chi connectivity index (χ1n) is 11.2. The van der Waals surface area contributed by atoms with Crippen LogP contribution in [-0.4, -0.2) is 62.3 Å². The maximum Gasteiger partial charge on any atom is 0.230 e. The molecule has 34 heavy (non-hydrogen) atoms. The van der Waals surface area contributed by atoms with Crippen LogP contribution in [0.2, 0.25) is 0 Å². The Kier molecular flexibility index (Phi) is 8.08. The zero-order valence-electron chi connectivity index (χ0n) is 19.4. The number of carbonyl (C=O) groups excluding carboxylic acids is 1. The van der Waals surface area contributed by atoms with Crippen LogP contribution in [0.3, 0.4) is 0 Å². The van der Waals surface area contributed by atoms with Crippen molar-refractivity contribution in [3.8, 4) is 11.5 Å². The topological polar surface area (TPSA) is 79.8 Å². The van der Waals surface area contributed by atoms with Gasteiger partial charge in [0.1, 0.15) is 16.5 Å². The molecular weight excluding hydrogens is 450 g/mol. The van der Waals surface area contributed by atoms with Crippen molar-refractivity contribution in [2.45, 2.75) is 11.6 Å². The second-order valence-corrected chi connectivity index (χ2v) is 8.78. The molecule has 9 heteroatoms. The van der Waals surface area contributed by atoms with E-state index in [0.717, 1.165) is 59.8 Å². The molecule has 0 atom stereocenters. The molecule has 0 aliphatic carbocycles. The summed E-state index contributed by atoms with van der Waals surface area (Å²) in [6, 6.07) is 19.6. The van der Waals surface area contributed by atoms with Crippen molar-refractivity contribution < 1.29 is 14.3 Å². The molecule has 0 spiro atoms. The van der Waals surface area contributed by atoms with Crippen molar-refractivity contribution in [1.82, 2.24) is 15.5 Å². The molecule has 178 valence electrons. The van der Waals surface area contributed by atoms with Gasteiger partial charge in [0.2, 0.25) is 5.91 Å². The highest BCUT2D eigenvalue weighted by Crippen LogP contribution is 2.29. The number of amides is 1. The Morgan fingerprint density at radius 2 is 1.65 bits per heavy atom. The average Bonchev–Trinajstić information content (AvgIpc) is 2.91. The van der Waals surface area contributed by atoms with Crippen molar-refractivity contribution in [2.24, 2.45) is 0 Å². The van der Waals surface area contributed by atoms with E-state index in [2.05, 4.69) is 31.4 Å². The summed E-state index contributed by atoms with van der Waals surface area (Å²) in [4.78, 5) is 16.8. The number of methoxy groups -OCH3 is 2. The van der Waals surface area contributed by atoms with Crippen LogP contribution in [0, 0.1) is 0 Å². The van der Waals surface area contributed by atoms with E-state index in [1.165, 1.54) is 11.8 Å². The van der Waals surface area contributed by atoms with Crippen LogP contribution >= 0.6 is 11.8 Å². The third-order valence-corrected chi connectivity index (χ3v) is 6.58. The second kappa shape index (κ2) is 11.6. The minimum Gasteiger partial charge on any atom is -0.497 e. The lowest BCUT2D eigenvalue weighted by atomic mass is 10.2. The quantitative estimate of drug-likeness (QED) is 0.469. The van der Waals surface area contributed by atoms with Crippen molar-refractivity contribution in [2.75, 3.05) is 56.0 Å². The third-order valence-electron chi connectivity index (χ3n) is 5.66. The molecule has 0 bridgehead atoms. The van der Waals surface area contributed by atoms with Crippen LogP contribution in [0.4, 0.5) is 11.5 Å². The predicted octanol–water partition coefficient (Wildman–Crippen LogP) is 3.23. The van der Waals surface area contributed by atoms with Gasteiger partial charge in [-0.15, -0.1) is 10.2 Å². The Morgan fingerprint density at radius 3 is 2.32 bits per heavy atom. The summed E-state index contributed by atoms with van der Waals surface area (Å²) in [6.45, 7) is 3.95. The van der Waals surface area contributed by atoms with E-state index in [1.807, 2.05) is 54.6 Å². The number of benzene rings is 2. The van der Waals surface area contributed by atoms with Gasteiger partial charge in [-0.3, -0.25) is 4.79 Å². The van der Waals surface area contributed by atoms with Crippen LogP contribution in [0.25, 0.3) is 0 Å². The Bertz CT molecular complexity index is 1070. The van der Waals surface area contributed by atoms with Crippen molar-refractivity contribution in [3.63, 3.8) is 0 Å². The highest BCUT2D eigenvalue weighted by molar-refractivity contribution is 7.99. The molecule has 1 saturated heterocycles. The third kappa shape index (κ3) is 6.11. The fourth-order valence-corrected chi connectivity index (χ4v) is 4.40. The smallest absolute Gasteiger partial charge is 0.230 e. The summed E-state index contributed by atoms with van der Waals surface area (Å²) in [5.41, 5.74) is 2.14. The van der Waals surface area contributed by atoms with E-state index < -0.39 is 0 Å². The number of ether oxygens (including phenoxy) is 2. The standard InChI is InChI=1S/C25H29N5O3S/c1-32-20-9-7-19(8-10-20)17-26-24(31)18-34-25-12-11-23(27-28-25)30-15-13-29(14-16-30)21-5-3-4-6-22(21)33-2/h3-12H,13-18H2,1-2H3,(H,26,31). The minimum atomic E-state index is -0.0424. The van der Waals surface area contributed by atoms with Crippen molar-refractivity contribution in [3.05, 3.63) is 66.2 Å². The van der Waals surface area contributed by atoms with Crippen LogP contribution in [-0.2, 0) is 11.3 Å². The number of carbonyl (C=O) groups is 1. The molecule has 0 unspecified atom stereocenters. The molecule has 1 aliphatic heterocycles. The van der Waals surface area contributed by atoms with Gasteiger partial charge in [-0.1, -0.05) is 36.0 Å². The summed E-state index contributed by atoms with van der Waals surface area (Å²) in [5, 5.41) is 12.4. The number of anilines is 2. The normalized spacial score (nSPS) is 13.5. The number of hydrogen-bond acceptors (Lipinski definition) is 8. The van der Waals surface area contributed by atoms with E-state index in [4.69, 9.17) is 9.47 Å². The number of nitrogens with one attached hydrogen (secondary N) is 1. The maximum atomic E-state index is 12.2. The lowest BCUT2D eigenvalue weighted by molar-refractivity contribution is -0.118. The lowest BCUT2D eigenvalue weighted by Gasteiger charge is -2.37. The highest BCUT2D eigenvalue weighted by atomic mass is 32.2. The first-order chi connectivity index (χ1) is 16.7. The zero-order valence-corrected chi connectivity index (χ0v) is 20.3. The summed E-state index contributed by atoms with van der Waals surface area (Å²) < 4.78 is 10.6. The van der Waals surface area contributed by atoms with Gasteiger partial charge in [0.25, 0.3) is 0 Å². The molecule has 3 aromatic rings. The minimum absolute atomic E-state index is 0.0424. The van der Waals surface area contributed by atoms with Gasteiger partial charge in [-0.25, -0.2) is 0 Å². The molecule has 0 saturated carbocycles. The predicted molar refractivity (Wildman–Crippen MR) is 135 cm³/mol. The molecule has 2 heterocycles. The van der Waals surface area contributed by atoms with E-state index in [1.54, 1.807) is 14.2 Å². The number of piperazine rings is 1. The van der Waals surface area contributed by atoms with Crippen molar-refractivity contribution >= 4 is 29.2 Å². The summed E-state index contributed by atoms with van der Waals surface area (Å²) in [5.74, 6) is 2.80. The first-order valence-corrected chi connectivity index (χ1v) is 12.1. The SMILES string of the molecule is COc1ccc(CNC(=O)CSc2ccc(N3CCN(c4ccccc4OC)CC3)nn2)cc1. The summed E-state index contributed by atoms with van der Waals surface area (Å²) >= 11 is 1.38. The van der Waals surface area contributed by atoms with Crippen molar-refractivity contribution in [1.29, 1.82) is 0 Å². The highest BCUT2D eigenvalue weighted by Gasteiger charge is 2.20. The number of rotatable bonds is 9. The van der Waals surface area contributed by atoms with Gasteiger partial charge in [-0.2, -0.15) is 0 Å². The van der Waals surface area contributed by atoms with E-state index >= 15 is 0 Å². The molecule has 1 aliphatic rings. The first kappa shape index (κ1) is 23.7. The number of nitrogens with zero attached hydrogens (tertiary/aromatic N) is 4. The largest absolute Gasteiger partial charge is 0.497 e. The van der Waals surface area contributed by atoms with Gasteiger partial charge in [0, 0.05) is 32.7 Å². The molecular formula is C25H29N5O3S. The van der Waals surface area contributed by atoms with Crippen LogP contribution < -0.4 is 24.6 Å². The molecule has 1 fully saturated rings. The van der Waals surface area contributed by atoms with Crippen LogP contribution in [0.15, 0.2) is 65.7 Å². The van der Waals surface area contributed by atoms with Gasteiger partial charge in [-0.05, 0) is 42.0 Å². The van der Waals surface area contributed by atoms with Crippen LogP contribution in [0.1, 0.15) is 5.56 Å². The molecule has 1 amide bonds. The second-order valence-electron chi connectivity index (χ2n) is 7.79. The summed E-state index contributed by atoms with van der Waals surface area (Å²) in [6.07, 6.45) is 0. The molecule has 1 N–H and O–H groups in total. The lowest BCUT2D eigenvalue weighted by Crippen LogP contribution is -2.47. The van der Waals surface area contributed by atoms with E-state index in [-0.39, 0.29) is 5.91 Å². The summed E-state index contributed by atoms with van der Waals surface area (Å²) in [7, 11) is 3.34. The number of hydrogen-bond donors (Lipinski definition) is 1. The molecule has 4 rings (SSSR count). The fourth-order valence-electron chi connectivity index (χ4n) is 3.76. The number of aromatic nitrogens is 2. The van der Waals surface area contributed by atoms with E-state index in [0.29, 0.717) is 12.3 Å². The van der Waals surface area contributed by atoms with Crippen LogP contribution in [0.5, 0.6) is 11.5 Å². The Morgan fingerprint density at radius 1 is 0.912 bits per heavy atom. The Labute approximate surface area is 204 Å². The molecule has 0 radical (unpaired) electrons. The fraction of sp³-hybridized carbons (Fsp3) is 0.320. The van der Waals surface area contributed by atoms with E-state index in [9.17, 15) is 4.79 Å². The number of para-hydroxylation sites is 2. The zero-order chi connectivity index (χ0) is 23.8. The molecule has 2 aromatic carbocycles. The molecule has 1 aromatic heterocycles. The Balaban J connectivity index is 1.22. The van der Waals surface area contributed by atoms with Gasteiger partial charge in [0.05, 0.1) is 25.7 Å².